The Labute approximate surface area is 173 Å². The highest BCUT2D eigenvalue weighted by atomic mass is 16.2. The van der Waals surface area contributed by atoms with Crippen molar-refractivity contribution in [1.29, 1.82) is 0 Å². The van der Waals surface area contributed by atoms with E-state index in [1.165, 1.54) is 0 Å². The van der Waals surface area contributed by atoms with E-state index in [9.17, 15) is 9.59 Å². The Morgan fingerprint density at radius 3 is 2.90 bits per heavy atom. The molecule has 2 aliphatic rings. The lowest BCUT2D eigenvalue weighted by molar-refractivity contribution is 0.0779. The summed E-state index contributed by atoms with van der Waals surface area (Å²) in [6.07, 6.45) is 4.63. The molecule has 1 saturated heterocycles. The monoisotopic (exact) mass is 407 g/mol. The van der Waals surface area contributed by atoms with Crippen molar-refractivity contribution in [2.45, 2.75) is 37.9 Å². The molecule has 3 N–H and O–H groups in total. The summed E-state index contributed by atoms with van der Waals surface area (Å²) in [6, 6.07) is 7.72. The molecule has 3 aromatic rings. The van der Waals surface area contributed by atoms with E-state index in [1.54, 1.807) is 18.3 Å². The van der Waals surface area contributed by atoms with E-state index >= 15 is 0 Å². The summed E-state index contributed by atoms with van der Waals surface area (Å²) in [7, 11) is 2.02. The minimum absolute atomic E-state index is 0.00646. The highest BCUT2D eigenvalue weighted by molar-refractivity contribution is 5.97. The van der Waals surface area contributed by atoms with Gasteiger partial charge in [0.25, 0.3) is 5.91 Å². The molecule has 1 atom stereocenters. The number of benzene rings is 1. The largest absolute Gasteiger partial charge is 0.384 e. The van der Waals surface area contributed by atoms with Gasteiger partial charge in [-0.25, -0.2) is 14.8 Å². The molecule has 9 heteroatoms. The summed E-state index contributed by atoms with van der Waals surface area (Å²) in [5.41, 5.74) is 7.85. The average Bonchev–Trinajstić information content (AvgIpc) is 3.32. The van der Waals surface area contributed by atoms with Gasteiger partial charge in [-0.05, 0) is 50.6 Å². The van der Waals surface area contributed by atoms with Crippen LogP contribution in [0.3, 0.4) is 0 Å². The first-order valence-electron chi connectivity index (χ1n) is 10.3. The van der Waals surface area contributed by atoms with Gasteiger partial charge in [-0.15, -0.1) is 0 Å². The number of likely N-dealkylation sites (N-methyl/N-ethyl adjacent to an activating group) is 1. The molecular weight excluding hydrogens is 382 g/mol. The maximum absolute atomic E-state index is 13.1. The maximum Gasteiger partial charge on any atom is 0.326 e. The summed E-state index contributed by atoms with van der Waals surface area (Å²) in [5.74, 6) is 1.13. The van der Waals surface area contributed by atoms with Crippen molar-refractivity contribution in [2.24, 2.45) is 0 Å². The number of nitrogens with zero attached hydrogens (tertiary/aromatic N) is 5. The number of H-pyrrole nitrogens is 1. The zero-order valence-electron chi connectivity index (χ0n) is 16.9. The van der Waals surface area contributed by atoms with Crippen LogP contribution in [-0.2, 0) is 6.54 Å². The second-order valence-electron chi connectivity index (χ2n) is 8.27. The average molecular weight is 407 g/mol. The fourth-order valence-corrected chi connectivity index (χ4v) is 4.27. The molecule has 2 aromatic heterocycles. The number of carbonyl (C=O) groups is 1. The second-order valence-corrected chi connectivity index (χ2v) is 8.27. The van der Waals surface area contributed by atoms with E-state index < -0.39 is 0 Å². The van der Waals surface area contributed by atoms with Crippen LogP contribution in [-0.4, -0.2) is 61.4 Å². The zero-order valence-corrected chi connectivity index (χ0v) is 16.9. The van der Waals surface area contributed by atoms with Crippen molar-refractivity contribution in [3.05, 3.63) is 52.3 Å². The standard InChI is InChI=1S/C21H25N7O2/c1-26(12-19-23-8-6-18(22)25-19)15-7-9-27(11-15)20(29)13-2-5-17-16(10-13)24-21(30)28(17)14-3-4-14/h2,5-6,8,10,14-15H,3-4,7,9,11-12H2,1H3,(H,24,30)(H2,22,23,25). The number of anilines is 1. The number of amides is 1. The van der Waals surface area contributed by atoms with Crippen LogP contribution in [0.25, 0.3) is 11.0 Å². The first-order chi connectivity index (χ1) is 14.5. The van der Waals surface area contributed by atoms with E-state index in [2.05, 4.69) is 19.9 Å². The molecule has 0 bridgehead atoms. The predicted octanol–water partition coefficient (Wildman–Crippen LogP) is 1.38. The molecule has 1 aliphatic heterocycles. The molecule has 9 nitrogen and oxygen atoms in total. The predicted molar refractivity (Wildman–Crippen MR) is 113 cm³/mol. The lowest BCUT2D eigenvalue weighted by Gasteiger charge is -2.24. The van der Waals surface area contributed by atoms with Gasteiger partial charge in [0, 0.05) is 36.9 Å². The number of fused-ring (bicyclic) bond motifs is 1. The third kappa shape index (κ3) is 3.45. The number of nitrogen functional groups attached to an aromatic ring is 1. The van der Waals surface area contributed by atoms with E-state index in [0.717, 1.165) is 30.3 Å². The molecule has 156 valence electrons. The number of rotatable bonds is 5. The van der Waals surface area contributed by atoms with Crippen LogP contribution in [0.1, 0.15) is 41.5 Å². The summed E-state index contributed by atoms with van der Waals surface area (Å²) in [5, 5.41) is 0. The smallest absolute Gasteiger partial charge is 0.326 e. The normalized spacial score (nSPS) is 19.1. The number of imidazole rings is 1. The molecule has 3 heterocycles. The summed E-state index contributed by atoms with van der Waals surface area (Å²) in [6.45, 7) is 1.93. The number of nitrogens with two attached hydrogens (primary N) is 1. The minimum Gasteiger partial charge on any atom is -0.384 e. The van der Waals surface area contributed by atoms with Crippen molar-refractivity contribution >= 4 is 22.8 Å². The maximum atomic E-state index is 13.1. The summed E-state index contributed by atoms with van der Waals surface area (Å²) < 4.78 is 1.81. The number of carbonyl (C=O) groups excluding carboxylic acids is 1. The third-order valence-corrected chi connectivity index (χ3v) is 6.07. The third-order valence-electron chi connectivity index (χ3n) is 6.07. The Morgan fingerprint density at radius 1 is 1.30 bits per heavy atom. The summed E-state index contributed by atoms with van der Waals surface area (Å²) in [4.78, 5) is 40.8. The van der Waals surface area contributed by atoms with Crippen molar-refractivity contribution in [2.75, 3.05) is 25.9 Å². The molecule has 1 unspecified atom stereocenters. The number of likely N-dealkylation sites (tertiary alicyclic amines) is 1. The molecule has 1 saturated carbocycles. The summed E-state index contributed by atoms with van der Waals surface area (Å²) >= 11 is 0. The zero-order chi connectivity index (χ0) is 20.8. The van der Waals surface area contributed by atoms with Gasteiger partial charge < -0.3 is 15.6 Å². The van der Waals surface area contributed by atoms with Gasteiger partial charge in [-0.3, -0.25) is 14.3 Å². The van der Waals surface area contributed by atoms with Crippen LogP contribution in [0.15, 0.2) is 35.3 Å². The first kappa shape index (κ1) is 18.8. The Morgan fingerprint density at radius 2 is 2.13 bits per heavy atom. The lowest BCUT2D eigenvalue weighted by atomic mass is 10.1. The highest BCUT2D eigenvalue weighted by Crippen LogP contribution is 2.35. The molecule has 0 radical (unpaired) electrons. The number of nitrogens with one attached hydrogen (secondary N) is 1. The van der Waals surface area contributed by atoms with Crippen molar-refractivity contribution in [3.8, 4) is 0 Å². The Hall–Kier alpha value is -3.20. The van der Waals surface area contributed by atoms with Crippen LogP contribution in [0.2, 0.25) is 0 Å². The number of aromatic amines is 1. The van der Waals surface area contributed by atoms with Gasteiger partial charge in [-0.1, -0.05) is 0 Å². The van der Waals surface area contributed by atoms with Crippen molar-refractivity contribution < 1.29 is 4.79 Å². The lowest BCUT2D eigenvalue weighted by Crippen LogP contribution is -2.36. The van der Waals surface area contributed by atoms with Crippen LogP contribution in [0.5, 0.6) is 0 Å². The molecule has 1 aliphatic carbocycles. The van der Waals surface area contributed by atoms with E-state index in [4.69, 9.17) is 5.73 Å². The number of hydrogen-bond acceptors (Lipinski definition) is 6. The quantitative estimate of drug-likeness (QED) is 0.661. The van der Waals surface area contributed by atoms with E-state index in [1.807, 2.05) is 28.6 Å². The Kier molecular flexibility index (Phi) is 4.54. The van der Waals surface area contributed by atoms with Crippen LogP contribution < -0.4 is 11.4 Å². The van der Waals surface area contributed by atoms with Crippen LogP contribution in [0, 0.1) is 0 Å². The molecule has 5 rings (SSSR count). The minimum atomic E-state index is -0.0938. The van der Waals surface area contributed by atoms with E-state index in [0.29, 0.717) is 42.9 Å². The van der Waals surface area contributed by atoms with Crippen molar-refractivity contribution in [1.82, 2.24) is 29.3 Å². The molecule has 2 fully saturated rings. The molecule has 1 amide bonds. The van der Waals surface area contributed by atoms with Gasteiger partial charge in [-0.2, -0.15) is 0 Å². The van der Waals surface area contributed by atoms with Crippen molar-refractivity contribution in [3.63, 3.8) is 0 Å². The number of aromatic nitrogens is 4. The molecule has 1 aromatic carbocycles. The van der Waals surface area contributed by atoms with E-state index in [-0.39, 0.29) is 17.6 Å². The number of hydrogen-bond donors (Lipinski definition) is 2. The first-order valence-corrected chi connectivity index (χ1v) is 10.3. The Balaban J connectivity index is 1.28. The topological polar surface area (TPSA) is 113 Å². The van der Waals surface area contributed by atoms with Gasteiger partial charge in [0.05, 0.1) is 17.6 Å². The Bertz CT molecular complexity index is 1160. The fourth-order valence-electron chi connectivity index (χ4n) is 4.27. The van der Waals surface area contributed by atoms with Gasteiger partial charge in [0.1, 0.15) is 11.6 Å². The van der Waals surface area contributed by atoms with Crippen LogP contribution in [0.4, 0.5) is 5.82 Å². The van der Waals surface area contributed by atoms with Gasteiger partial charge in [0.2, 0.25) is 0 Å². The van der Waals surface area contributed by atoms with Gasteiger partial charge in [0.15, 0.2) is 0 Å². The molecular formula is C21H25N7O2. The SMILES string of the molecule is CN(Cc1nccc(N)n1)C1CCN(C(=O)c2ccc3c(c2)[nH]c(=O)n3C2CC2)C1. The van der Waals surface area contributed by atoms with Gasteiger partial charge >= 0.3 is 5.69 Å². The highest BCUT2D eigenvalue weighted by Gasteiger charge is 2.31. The van der Waals surface area contributed by atoms with Crippen LogP contribution >= 0.6 is 0 Å². The molecule has 30 heavy (non-hydrogen) atoms. The second kappa shape index (κ2) is 7.24. The fraction of sp³-hybridized carbons (Fsp3) is 0.429. The molecule has 0 spiro atoms.